The van der Waals surface area contributed by atoms with Gasteiger partial charge in [-0.3, -0.25) is 0 Å². The molecule has 1 unspecified atom stereocenters. The van der Waals surface area contributed by atoms with Crippen molar-refractivity contribution in [1.82, 2.24) is 5.32 Å². The SMILES string of the molecule is CCS(=O)(=O)c1ccc(NCCC2CCCNC2)cc1. The zero-order chi connectivity index (χ0) is 14.4. The molecule has 0 radical (unpaired) electrons. The molecule has 1 aromatic rings. The third-order valence-corrected chi connectivity index (χ3v) is 5.62. The first-order valence-corrected chi connectivity index (χ1v) is 9.04. The third kappa shape index (κ3) is 4.21. The van der Waals surface area contributed by atoms with E-state index in [1.165, 1.54) is 12.8 Å². The van der Waals surface area contributed by atoms with Crippen LogP contribution in [-0.2, 0) is 9.84 Å². The van der Waals surface area contributed by atoms with E-state index in [0.717, 1.165) is 37.7 Å². The van der Waals surface area contributed by atoms with Crippen LogP contribution < -0.4 is 10.6 Å². The standard InChI is InChI=1S/C15H24N2O2S/c1-2-20(18,19)15-7-5-14(6-8-15)17-11-9-13-4-3-10-16-12-13/h5-8,13,16-17H,2-4,9-12H2,1H3. The highest BCUT2D eigenvalue weighted by molar-refractivity contribution is 7.91. The molecule has 1 aliphatic rings. The third-order valence-electron chi connectivity index (χ3n) is 3.87. The maximum Gasteiger partial charge on any atom is 0.178 e. The molecule has 1 aliphatic heterocycles. The fourth-order valence-corrected chi connectivity index (χ4v) is 3.42. The van der Waals surface area contributed by atoms with Gasteiger partial charge in [-0.1, -0.05) is 6.92 Å². The lowest BCUT2D eigenvalue weighted by Gasteiger charge is -2.22. The Morgan fingerprint density at radius 3 is 2.65 bits per heavy atom. The number of benzene rings is 1. The van der Waals surface area contributed by atoms with Gasteiger partial charge in [-0.15, -0.1) is 0 Å². The van der Waals surface area contributed by atoms with Gasteiger partial charge in [0.1, 0.15) is 0 Å². The second-order valence-corrected chi connectivity index (χ2v) is 7.63. The van der Waals surface area contributed by atoms with Gasteiger partial charge >= 0.3 is 0 Å². The molecular weight excluding hydrogens is 272 g/mol. The van der Waals surface area contributed by atoms with Crippen LogP contribution in [0.3, 0.4) is 0 Å². The number of piperidine rings is 1. The molecule has 1 aromatic carbocycles. The first-order chi connectivity index (χ1) is 9.62. The van der Waals surface area contributed by atoms with E-state index >= 15 is 0 Å². The molecule has 0 aliphatic carbocycles. The van der Waals surface area contributed by atoms with Gasteiger partial charge in [-0.05, 0) is 62.5 Å². The van der Waals surface area contributed by atoms with E-state index in [-0.39, 0.29) is 5.75 Å². The van der Waals surface area contributed by atoms with E-state index in [9.17, 15) is 8.42 Å². The molecule has 20 heavy (non-hydrogen) atoms. The number of rotatable bonds is 6. The summed E-state index contributed by atoms with van der Waals surface area (Å²) in [6.45, 7) is 4.87. The summed E-state index contributed by atoms with van der Waals surface area (Å²) < 4.78 is 23.4. The predicted molar refractivity (Wildman–Crippen MR) is 82.9 cm³/mol. The summed E-state index contributed by atoms with van der Waals surface area (Å²) in [6.07, 6.45) is 3.73. The second-order valence-electron chi connectivity index (χ2n) is 5.36. The Balaban J connectivity index is 1.82. The monoisotopic (exact) mass is 296 g/mol. The van der Waals surface area contributed by atoms with Gasteiger partial charge in [0.15, 0.2) is 9.84 Å². The molecule has 0 amide bonds. The fourth-order valence-electron chi connectivity index (χ4n) is 2.54. The number of sulfone groups is 1. The molecule has 2 rings (SSSR count). The Hall–Kier alpha value is -1.07. The summed E-state index contributed by atoms with van der Waals surface area (Å²) in [4.78, 5) is 0.405. The van der Waals surface area contributed by atoms with Crippen LogP contribution >= 0.6 is 0 Å². The van der Waals surface area contributed by atoms with E-state index in [2.05, 4.69) is 10.6 Å². The minimum absolute atomic E-state index is 0.147. The van der Waals surface area contributed by atoms with E-state index in [1.54, 1.807) is 19.1 Å². The van der Waals surface area contributed by atoms with Crippen LogP contribution in [0.2, 0.25) is 0 Å². The second kappa shape index (κ2) is 7.09. The van der Waals surface area contributed by atoms with Gasteiger partial charge in [-0.25, -0.2) is 8.42 Å². The number of hydrogen-bond donors (Lipinski definition) is 2. The molecule has 5 heteroatoms. The molecule has 0 saturated carbocycles. The minimum atomic E-state index is -3.09. The first-order valence-electron chi connectivity index (χ1n) is 7.39. The first kappa shape index (κ1) is 15.3. The van der Waals surface area contributed by atoms with Crippen LogP contribution in [0.4, 0.5) is 5.69 Å². The van der Waals surface area contributed by atoms with Crippen LogP contribution in [0.1, 0.15) is 26.2 Å². The Bertz CT molecular complexity index is 505. The zero-order valence-electron chi connectivity index (χ0n) is 12.1. The highest BCUT2D eigenvalue weighted by Crippen LogP contribution is 2.17. The van der Waals surface area contributed by atoms with Crippen LogP contribution in [0.15, 0.2) is 29.2 Å². The summed E-state index contributed by atoms with van der Waals surface area (Å²) in [5.41, 5.74) is 0.990. The highest BCUT2D eigenvalue weighted by Gasteiger charge is 2.13. The molecule has 1 saturated heterocycles. The van der Waals surface area contributed by atoms with Gasteiger partial charge in [0.2, 0.25) is 0 Å². The van der Waals surface area contributed by atoms with Gasteiger partial charge in [0.05, 0.1) is 10.6 Å². The lowest BCUT2D eigenvalue weighted by atomic mass is 9.96. The van der Waals surface area contributed by atoms with Crippen molar-refractivity contribution < 1.29 is 8.42 Å². The van der Waals surface area contributed by atoms with Crippen molar-refractivity contribution in [2.45, 2.75) is 31.1 Å². The van der Waals surface area contributed by atoms with Gasteiger partial charge in [0.25, 0.3) is 0 Å². The summed E-state index contributed by atoms with van der Waals surface area (Å²) in [7, 11) is -3.09. The van der Waals surface area contributed by atoms with E-state index in [0.29, 0.717) is 4.90 Å². The minimum Gasteiger partial charge on any atom is -0.385 e. The maximum atomic E-state index is 11.7. The van der Waals surface area contributed by atoms with Crippen molar-refractivity contribution in [3.8, 4) is 0 Å². The Labute approximate surface area is 121 Å². The normalized spacial score (nSPS) is 19.8. The van der Waals surface area contributed by atoms with Crippen molar-refractivity contribution in [2.24, 2.45) is 5.92 Å². The average Bonchev–Trinajstić information content (AvgIpc) is 2.49. The molecule has 1 atom stereocenters. The summed E-state index contributed by atoms with van der Waals surface area (Å²) >= 11 is 0. The number of hydrogen-bond acceptors (Lipinski definition) is 4. The van der Waals surface area contributed by atoms with E-state index in [1.807, 2.05) is 12.1 Å². The molecule has 112 valence electrons. The van der Waals surface area contributed by atoms with Crippen molar-refractivity contribution in [2.75, 3.05) is 30.7 Å². The van der Waals surface area contributed by atoms with Crippen LogP contribution in [0, 0.1) is 5.92 Å². The van der Waals surface area contributed by atoms with Gasteiger partial charge in [0, 0.05) is 12.2 Å². The molecule has 1 fully saturated rings. The summed E-state index contributed by atoms with van der Waals surface area (Å²) in [5, 5.41) is 6.79. The van der Waals surface area contributed by atoms with Gasteiger partial charge < -0.3 is 10.6 Å². The maximum absolute atomic E-state index is 11.7. The lowest BCUT2D eigenvalue weighted by molar-refractivity contribution is 0.364. The smallest absolute Gasteiger partial charge is 0.178 e. The fraction of sp³-hybridized carbons (Fsp3) is 0.600. The molecule has 2 N–H and O–H groups in total. The highest BCUT2D eigenvalue weighted by atomic mass is 32.2. The number of nitrogens with one attached hydrogen (secondary N) is 2. The van der Waals surface area contributed by atoms with E-state index in [4.69, 9.17) is 0 Å². The summed E-state index contributed by atoms with van der Waals surface area (Å²) in [6, 6.07) is 7.07. The molecular formula is C15H24N2O2S. The summed E-state index contributed by atoms with van der Waals surface area (Å²) in [5.74, 6) is 0.907. The quantitative estimate of drug-likeness (QED) is 0.845. The number of anilines is 1. The lowest BCUT2D eigenvalue weighted by Crippen LogP contribution is -2.30. The van der Waals surface area contributed by atoms with Crippen molar-refractivity contribution in [1.29, 1.82) is 0 Å². The van der Waals surface area contributed by atoms with Crippen molar-refractivity contribution in [3.63, 3.8) is 0 Å². The topological polar surface area (TPSA) is 58.2 Å². The Morgan fingerprint density at radius 1 is 1.30 bits per heavy atom. The van der Waals surface area contributed by atoms with Crippen LogP contribution in [0.5, 0.6) is 0 Å². The van der Waals surface area contributed by atoms with Crippen molar-refractivity contribution >= 4 is 15.5 Å². The van der Waals surface area contributed by atoms with Crippen molar-refractivity contribution in [3.05, 3.63) is 24.3 Å². The molecule has 0 bridgehead atoms. The predicted octanol–water partition coefficient (Wildman–Crippen LogP) is 2.28. The Kier molecular flexibility index (Phi) is 5.43. The molecule has 0 aromatic heterocycles. The van der Waals surface area contributed by atoms with Gasteiger partial charge in [-0.2, -0.15) is 0 Å². The molecule has 1 heterocycles. The van der Waals surface area contributed by atoms with Crippen LogP contribution in [-0.4, -0.2) is 33.8 Å². The van der Waals surface area contributed by atoms with Crippen LogP contribution in [0.25, 0.3) is 0 Å². The Morgan fingerprint density at radius 2 is 2.05 bits per heavy atom. The van der Waals surface area contributed by atoms with E-state index < -0.39 is 9.84 Å². The molecule has 4 nitrogen and oxygen atoms in total. The average molecular weight is 296 g/mol. The largest absolute Gasteiger partial charge is 0.385 e. The molecule has 0 spiro atoms. The zero-order valence-corrected chi connectivity index (χ0v) is 12.9.